The molecule has 0 aliphatic carbocycles. The maximum Gasteiger partial charge on any atom is 0.316 e. The molecule has 33 heavy (non-hydrogen) atoms. The van der Waals surface area contributed by atoms with Crippen molar-refractivity contribution in [2.75, 3.05) is 19.7 Å². The van der Waals surface area contributed by atoms with Crippen LogP contribution >= 0.6 is 0 Å². The molecule has 1 aliphatic heterocycles. The van der Waals surface area contributed by atoms with Crippen LogP contribution in [0.2, 0.25) is 0 Å². The van der Waals surface area contributed by atoms with E-state index >= 15 is 0 Å². The summed E-state index contributed by atoms with van der Waals surface area (Å²) in [6, 6.07) is 4.67. The second-order valence-corrected chi connectivity index (χ2v) is 7.91. The molecule has 1 fully saturated rings. The van der Waals surface area contributed by atoms with Crippen LogP contribution in [0.3, 0.4) is 0 Å². The van der Waals surface area contributed by atoms with Crippen LogP contribution < -0.4 is 10.5 Å². The lowest BCUT2D eigenvalue weighted by molar-refractivity contribution is -0.143. The van der Waals surface area contributed by atoms with E-state index in [0.717, 1.165) is 0 Å². The molecule has 1 aliphatic rings. The third-order valence-corrected chi connectivity index (χ3v) is 5.35. The predicted octanol–water partition coefficient (Wildman–Crippen LogP) is 1.40. The van der Waals surface area contributed by atoms with Crippen molar-refractivity contribution in [3.8, 4) is 17.1 Å². The fraction of sp³-hybridized carbons (Fsp3) is 0.409. The van der Waals surface area contributed by atoms with Crippen LogP contribution in [0.25, 0.3) is 11.1 Å². The predicted molar refractivity (Wildman–Crippen MR) is 116 cm³/mol. The van der Waals surface area contributed by atoms with Gasteiger partial charge in [0.05, 0.1) is 0 Å². The Kier molecular flexibility index (Phi) is 7.54. The first-order chi connectivity index (χ1) is 15.7. The number of aliphatic hydroxyl groups is 1. The highest BCUT2D eigenvalue weighted by Gasteiger charge is 2.34. The van der Waals surface area contributed by atoms with Gasteiger partial charge in [0.25, 0.3) is 0 Å². The number of likely N-dealkylation sites (tertiary alicyclic amines) is 1. The van der Waals surface area contributed by atoms with Gasteiger partial charge in [-0.25, -0.2) is 14.4 Å². The van der Waals surface area contributed by atoms with E-state index in [1.54, 1.807) is 17.0 Å². The Morgan fingerprint density at radius 3 is 2.55 bits per heavy atom. The number of carbonyl (C=O) groups excluding carboxylic acids is 2. The summed E-state index contributed by atoms with van der Waals surface area (Å²) in [4.78, 5) is 32.8. The number of carbonyl (C=O) groups is 2. The standard InChI is InChI=1S/C22H26FN5O5/c1-14(29)28-7-5-22(31,6-8-28)13-33-21-26-10-16(11-27-21)17-4-2-3-15(20(17)23)12-32-19(30)9-18(24)25/h2-4,10-11,31H,5-9,12-13H2,1H3,(H3,24,25). The summed E-state index contributed by atoms with van der Waals surface area (Å²) in [5.74, 6) is -1.66. The Labute approximate surface area is 190 Å². The Bertz CT molecular complexity index is 1020. The fourth-order valence-corrected chi connectivity index (χ4v) is 3.39. The van der Waals surface area contributed by atoms with Gasteiger partial charge in [0, 0.05) is 49.1 Å². The molecule has 0 unspecified atom stereocenters. The average molecular weight is 459 g/mol. The van der Waals surface area contributed by atoms with Gasteiger partial charge in [0.15, 0.2) is 0 Å². The number of esters is 1. The highest BCUT2D eigenvalue weighted by atomic mass is 19.1. The molecule has 176 valence electrons. The minimum Gasteiger partial charge on any atom is -0.460 e. The van der Waals surface area contributed by atoms with Gasteiger partial charge in [-0.05, 0) is 12.8 Å². The molecular formula is C22H26FN5O5. The van der Waals surface area contributed by atoms with E-state index in [1.807, 2.05) is 0 Å². The minimum absolute atomic E-state index is 0.0203. The zero-order chi connectivity index (χ0) is 24.0. The van der Waals surface area contributed by atoms with Crippen LogP contribution in [-0.4, -0.2) is 63.0 Å². The molecule has 0 bridgehead atoms. The molecule has 0 spiro atoms. The van der Waals surface area contributed by atoms with Gasteiger partial charge in [0.2, 0.25) is 5.91 Å². The van der Waals surface area contributed by atoms with Crippen LogP contribution in [0.1, 0.15) is 31.7 Å². The Balaban J connectivity index is 1.60. The van der Waals surface area contributed by atoms with E-state index < -0.39 is 17.4 Å². The van der Waals surface area contributed by atoms with Gasteiger partial charge < -0.3 is 25.2 Å². The van der Waals surface area contributed by atoms with Crippen molar-refractivity contribution in [1.29, 1.82) is 5.41 Å². The van der Waals surface area contributed by atoms with Crippen LogP contribution in [0.5, 0.6) is 6.01 Å². The largest absolute Gasteiger partial charge is 0.460 e. The van der Waals surface area contributed by atoms with Crippen molar-refractivity contribution >= 4 is 17.7 Å². The van der Waals surface area contributed by atoms with Crippen LogP contribution in [-0.2, 0) is 20.9 Å². The maximum absolute atomic E-state index is 14.9. The van der Waals surface area contributed by atoms with Crippen molar-refractivity contribution in [1.82, 2.24) is 14.9 Å². The van der Waals surface area contributed by atoms with Gasteiger partial charge in [0.1, 0.15) is 36.9 Å². The number of nitrogens with one attached hydrogen (secondary N) is 1. The van der Waals surface area contributed by atoms with E-state index in [2.05, 4.69) is 9.97 Å². The molecule has 1 amide bonds. The summed E-state index contributed by atoms with van der Waals surface area (Å²) < 4.78 is 25.4. The Morgan fingerprint density at radius 2 is 1.94 bits per heavy atom. The van der Waals surface area contributed by atoms with Crippen molar-refractivity contribution in [2.45, 2.75) is 38.4 Å². The lowest BCUT2D eigenvalue weighted by atomic mass is 9.92. The van der Waals surface area contributed by atoms with Crippen molar-refractivity contribution < 1.29 is 28.6 Å². The van der Waals surface area contributed by atoms with Gasteiger partial charge in [-0.1, -0.05) is 18.2 Å². The molecule has 0 saturated carbocycles. The fourth-order valence-electron chi connectivity index (χ4n) is 3.39. The summed E-state index contributed by atoms with van der Waals surface area (Å²) in [6.45, 7) is 2.08. The molecule has 4 N–H and O–H groups in total. The van der Waals surface area contributed by atoms with E-state index in [-0.39, 0.29) is 48.5 Å². The van der Waals surface area contributed by atoms with Crippen LogP contribution in [0.4, 0.5) is 4.39 Å². The van der Waals surface area contributed by atoms with Gasteiger partial charge in [-0.15, -0.1) is 0 Å². The topological polar surface area (TPSA) is 152 Å². The third kappa shape index (κ3) is 6.45. The van der Waals surface area contributed by atoms with Crippen molar-refractivity contribution in [3.05, 3.63) is 42.0 Å². The number of hydrogen-bond acceptors (Lipinski definition) is 8. The summed E-state index contributed by atoms with van der Waals surface area (Å²) in [5, 5.41) is 17.7. The molecule has 2 heterocycles. The lowest BCUT2D eigenvalue weighted by Crippen LogP contribution is -2.49. The molecule has 11 heteroatoms. The molecule has 3 rings (SSSR count). The van der Waals surface area contributed by atoms with E-state index in [1.165, 1.54) is 25.4 Å². The molecule has 0 radical (unpaired) electrons. The molecule has 1 aromatic heterocycles. The zero-order valence-electron chi connectivity index (χ0n) is 18.2. The third-order valence-electron chi connectivity index (χ3n) is 5.35. The molecule has 1 saturated heterocycles. The second-order valence-electron chi connectivity index (χ2n) is 7.91. The van der Waals surface area contributed by atoms with Gasteiger partial charge in [-0.3, -0.25) is 15.0 Å². The number of nitrogens with two attached hydrogens (primary N) is 1. The number of amidine groups is 1. The summed E-state index contributed by atoms with van der Waals surface area (Å²) >= 11 is 0. The normalized spacial score (nSPS) is 15.1. The number of ether oxygens (including phenoxy) is 2. The number of amides is 1. The van der Waals surface area contributed by atoms with Gasteiger partial charge in [-0.2, -0.15) is 0 Å². The first kappa shape index (κ1) is 24.1. The molecule has 1 aromatic carbocycles. The summed E-state index contributed by atoms with van der Waals surface area (Å²) in [7, 11) is 0. The average Bonchev–Trinajstić information content (AvgIpc) is 2.77. The number of benzene rings is 1. The maximum atomic E-state index is 14.9. The second kappa shape index (κ2) is 10.3. The molecule has 0 atom stereocenters. The number of nitrogens with zero attached hydrogens (tertiary/aromatic N) is 3. The van der Waals surface area contributed by atoms with Crippen molar-refractivity contribution in [2.24, 2.45) is 5.73 Å². The number of aromatic nitrogens is 2. The van der Waals surface area contributed by atoms with E-state index in [4.69, 9.17) is 20.6 Å². The minimum atomic E-state index is -1.08. The summed E-state index contributed by atoms with van der Waals surface area (Å²) in [6.07, 6.45) is 3.21. The summed E-state index contributed by atoms with van der Waals surface area (Å²) in [5.41, 5.74) is 4.84. The number of hydrogen-bond donors (Lipinski definition) is 3. The molecular weight excluding hydrogens is 433 g/mol. The van der Waals surface area contributed by atoms with E-state index in [0.29, 0.717) is 31.5 Å². The molecule has 10 nitrogen and oxygen atoms in total. The highest BCUT2D eigenvalue weighted by Crippen LogP contribution is 2.26. The lowest BCUT2D eigenvalue weighted by Gasteiger charge is -2.37. The number of rotatable bonds is 8. The SMILES string of the molecule is CC(=O)N1CCC(O)(COc2ncc(-c3cccc(COC(=O)CC(=N)N)c3F)cn2)CC1. The first-order valence-electron chi connectivity index (χ1n) is 10.4. The van der Waals surface area contributed by atoms with Crippen LogP contribution in [0, 0.1) is 11.2 Å². The number of halogens is 1. The van der Waals surface area contributed by atoms with Crippen molar-refractivity contribution in [3.63, 3.8) is 0 Å². The smallest absolute Gasteiger partial charge is 0.316 e. The van der Waals surface area contributed by atoms with Gasteiger partial charge >= 0.3 is 12.0 Å². The first-order valence-corrected chi connectivity index (χ1v) is 10.4. The Hall–Kier alpha value is -3.60. The quantitative estimate of drug-likeness (QED) is 0.304. The monoisotopic (exact) mass is 459 g/mol. The Morgan fingerprint density at radius 1 is 1.27 bits per heavy atom. The number of piperidine rings is 1. The highest BCUT2D eigenvalue weighted by molar-refractivity contribution is 5.94. The zero-order valence-corrected chi connectivity index (χ0v) is 18.2. The van der Waals surface area contributed by atoms with E-state index in [9.17, 15) is 19.1 Å². The van der Waals surface area contributed by atoms with Crippen LogP contribution in [0.15, 0.2) is 30.6 Å². The molecule has 2 aromatic rings.